The first kappa shape index (κ1) is 24.7. The number of benzene rings is 1. The van der Waals surface area contributed by atoms with Crippen LogP contribution in [-0.2, 0) is 14.4 Å². The number of amides is 3. The summed E-state index contributed by atoms with van der Waals surface area (Å²) >= 11 is 0. The second-order valence-corrected chi connectivity index (χ2v) is 8.08. The topological polar surface area (TPSA) is 79.0 Å². The van der Waals surface area contributed by atoms with Gasteiger partial charge in [-0.25, -0.2) is 0 Å². The molecule has 1 fully saturated rings. The van der Waals surface area contributed by atoms with Gasteiger partial charge in [-0.05, 0) is 44.2 Å². The van der Waals surface area contributed by atoms with Gasteiger partial charge in [0, 0.05) is 44.9 Å². The van der Waals surface area contributed by atoms with E-state index < -0.39 is 0 Å². The summed E-state index contributed by atoms with van der Waals surface area (Å²) in [6, 6.07) is 7.34. The lowest BCUT2D eigenvalue weighted by Crippen LogP contribution is -2.41. The smallest absolute Gasteiger partial charge is 0.227 e. The van der Waals surface area contributed by atoms with E-state index in [0.717, 1.165) is 25.9 Å². The monoisotopic (exact) mass is 431 g/mol. The van der Waals surface area contributed by atoms with Crippen molar-refractivity contribution in [3.63, 3.8) is 0 Å². The molecule has 1 aromatic carbocycles. The van der Waals surface area contributed by atoms with Gasteiger partial charge in [0.05, 0.1) is 12.8 Å². The molecule has 0 atom stereocenters. The molecule has 1 aliphatic heterocycles. The van der Waals surface area contributed by atoms with Crippen LogP contribution in [0, 0.1) is 5.92 Å². The van der Waals surface area contributed by atoms with Crippen LogP contribution in [0.2, 0.25) is 0 Å². The van der Waals surface area contributed by atoms with Crippen molar-refractivity contribution in [2.45, 2.75) is 58.8 Å². The Balaban J connectivity index is 1.73. The minimum absolute atomic E-state index is 0.0332. The van der Waals surface area contributed by atoms with Crippen molar-refractivity contribution in [1.82, 2.24) is 9.80 Å². The molecule has 0 saturated carbocycles. The molecule has 0 spiro atoms. The zero-order valence-electron chi connectivity index (χ0n) is 19.2. The number of hydrogen-bond donors (Lipinski definition) is 1. The molecule has 1 aliphatic rings. The molecule has 1 N–H and O–H groups in total. The lowest BCUT2D eigenvalue weighted by atomic mass is 9.95. The van der Waals surface area contributed by atoms with Crippen LogP contribution in [0.3, 0.4) is 0 Å². The number of ether oxygens (including phenoxy) is 1. The number of hydrogen-bond acceptors (Lipinski definition) is 4. The molecule has 172 valence electrons. The molecule has 0 bridgehead atoms. The van der Waals surface area contributed by atoms with Gasteiger partial charge < -0.3 is 19.9 Å². The molecule has 0 unspecified atom stereocenters. The predicted octanol–water partition coefficient (Wildman–Crippen LogP) is 3.69. The molecule has 0 aliphatic carbocycles. The average Bonchev–Trinajstić information content (AvgIpc) is 2.79. The maximum absolute atomic E-state index is 12.6. The highest BCUT2D eigenvalue weighted by atomic mass is 16.5. The van der Waals surface area contributed by atoms with Gasteiger partial charge in [-0.3, -0.25) is 14.4 Å². The first-order valence-electron chi connectivity index (χ1n) is 11.5. The third-order valence-electron chi connectivity index (χ3n) is 5.70. The summed E-state index contributed by atoms with van der Waals surface area (Å²) in [6.45, 7) is 6.86. The van der Waals surface area contributed by atoms with Crippen molar-refractivity contribution in [3.05, 3.63) is 24.3 Å². The van der Waals surface area contributed by atoms with Crippen molar-refractivity contribution in [2.24, 2.45) is 5.92 Å². The lowest BCUT2D eigenvalue weighted by Gasteiger charge is -2.31. The van der Waals surface area contributed by atoms with E-state index >= 15 is 0 Å². The molecule has 7 heteroatoms. The van der Waals surface area contributed by atoms with Crippen molar-refractivity contribution >= 4 is 23.4 Å². The molecule has 1 aromatic rings. The number of carbonyl (C=O) groups is 3. The molecule has 3 amide bonds. The van der Waals surface area contributed by atoms with Crippen LogP contribution < -0.4 is 10.1 Å². The van der Waals surface area contributed by atoms with Gasteiger partial charge in [-0.2, -0.15) is 0 Å². The molecule has 0 aromatic heterocycles. The largest absolute Gasteiger partial charge is 0.495 e. The number of nitrogens with zero attached hydrogens (tertiary/aromatic N) is 2. The highest BCUT2D eigenvalue weighted by molar-refractivity contribution is 5.94. The summed E-state index contributed by atoms with van der Waals surface area (Å²) in [5, 5.41) is 2.94. The number of carbonyl (C=O) groups excluding carboxylic acids is 3. The molecular formula is C24H37N3O4. The van der Waals surface area contributed by atoms with E-state index in [1.54, 1.807) is 7.11 Å². The third-order valence-corrected chi connectivity index (χ3v) is 5.70. The van der Waals surface area contributed by atoms with Gasteiger partial charge in [-0.15, -0.1) is 0 Å². The van der Waals surface area contributed by atoms with Crippen LogP contribution >= 0.6 is 0 Å². The van der Waals surface area contributed by atoms with E-state index in [9.17, 15) is 14.4 Å². The SMILES string of the molecule is CCCN(CCC)C(=O)CCCC(=O)N1CCC(C(=O)Nc2ccccc2OC)CC1. The Morgan fingerprint density at radius 3 is 2.32 bits per heavy atom. The van der Waals surface area contributed by atoms with E-state index in [2.05, 4.69) is 19.2 Å². The maximum atomic E-state index is 12.6. The number of likely N-dealkylation sites (tertiary alicyclic amines) is 1. The van der Waals surface area contributed by atoms with Crippen LogP contribution in [0.1, 0.15) is 58.8 Å². The second kappa shape index (κ2) is 13.0. The van der Waals surface area contributed by atoms with Crippen molar-refractivity contribution in [3.8, 4) is 5.75 Å². The summed E-state index contributed by atoms with van der Waals surface area (Å²) in [7, 11) is 1.58. The minimum atomic E-state index is -0.118. The Hall–Kier alpha value is -2.57. The van der Waals surface area contributed by atoms with Crippen LogP contribution in [0.15, 0.2) is 24.3 Å². The molecular weight excluding hydrogens is 394 g/mol. The normalized spacial score (nSPS) is 14.2. The fourth-order valence-corrected chi connectivity index (χ4v) is 3.98. The van der Waals surface area contributed by atoms with Gasteiger partial charge in [0.2, 0.25) is 17.7 Å². The van der Waals surface area contributed by atoms with E-state index in [1.807, 2.05) is 34.1 Å². The van der Waals surface area contributed by atoms with Gasteiger partial charge in [0.15, 0.2) is 0 Å². The maximum Gasteiger partial charge on any atom is 0.227 e. The van der Waals surface area contributed by atoms with Gasteiger partial charge >= 0.3 is 0 Å². The number of piperidine rings is 1. The first-order chi connectivity index (χ1) is 15.0. The highest BCUT2D eigenvalue weighted by Gasteiger charge is 2.27. The molecule has 2 rings (SSSR count). The van der Waals surface area contributed by atoms with E-state index in [1.165, 1.54) is 0 Å². The number of methoxy groups -OCH3 is 1. The Labute approximate surface area is 186 Å². The molecule has 1 heterocycles. The summed E-state index contributed by atoms with van der Waals surface area (Å²) in [5.41, 5.74) is 0.665. The zero-order valence-corrected chi connectivity index (χ0v) is 19.2. The van der Waals surface area contributed by atoms with E-state index in [-0.39, 0.29) is 23.6 Å². The Kier molecular flexibility index (Phi) is 10.3. The minimum Gasteiger partial charge on any atom is -0.495 e. The standard InChI is InChI=1S/C24H37N3O4/c1-4-15-26(16-5-2)22(28)11-8-12-23(29)27-17-13-19(14-18-27)24(30)25-20-9-6-7-10-21(20)31-3/h6-7,9-10,19H,4-5,8,11-18H2,1-3H3,(H,25,30). The third kappa shape index (κ3) is 7.56. The summed E-state index contributed by atoms with van der Waals surface area (Å²) < 4.78 is 5.28. The Morgan fingerprint density at radius 1 is 1.06 bits per heavy atom. The molecule has 0 radical (unpaired) electrons. The van der Waals surface area contributed by atoms with Crippen molar-refractivity contribution in [2.75, 3.05) is 38.6 Å². The van der Waals surface area contributed by atoms with Crippen LogP contribution in [0.25, 0.3) is 0 Å². The average molecular weight is 432 g/mol. The van der Waals surface area contributed by atoms with Gasteiger partial charge in [0.25, 0.3) is 0 Å². The van der Waals surface area contributed by atoms with E-state index in [0.29, 0.717) is 56.6 Å². The highest BCUT2D eigenvalue weighted by Crippen LogP contribution is 2.26. The van der Waals surface area contributed by atoms with Crippen LogP contribution in [0.5, 0.6) is 5.75 Å². The number of nitrogens with one attached hydrogen (secondary N) is 1. The number of anilines is 1. The summed E-state index contributed by atoms with van der Waals surface area (Å²) in [6.07, 6.45) is 4.57. The predicted molar refractivity (Wildman–Crippen MR) is 122 cm³/mol. The molecule has 7 nitrogen and oxygen atoms in total. The zero-order chi connectivity index (χ0) is 22.6. The van der Waals surface area contributed by atoms with Gasteiger partial charge in [-0.1, -0.05) is 26.0 Å². The van der Waals surface area contributed by atoms with Crippen molar-refractivity contribution < 1.29 is 19.1 Å². The van der Waals surface area contributed by atoms with Crippen LogP contribution in [-0.4, -0.2) is 60.8 Å². The molecule has 31 heavy (non-hydrogen) atoms. The van der Waals surface area contributed by atoms with Gasteiger partial charge in [0.1, 0.15) is 5.75 Å². The number of para-hydroxylation sites is 2. The lowest BCUT2D eigenvalue weighted by molar-refractivity contribution is -0.135. The second-order valence-electron chi connectivity index (χ2n) is 8.08. The Morgan fingerprint density at radius 2 is 1.71 bits per heavy atom. The Bertz CT molecular complexity index is 723. The quantitative estimate of drug-likeness (QED) is 0.580. The van der Waals surface area contributed by atoms with Crippen molar-refractivity contribution in [1.29, 1.82) is 0 Å². The number of rotatable bonds is 11. The fraction of sp³-hybridized carbons (Fsp3) is 0.625. The molecule has 1 saturated heterocycles. The first-order valence-corrected chi connectivity index (χ1v) is 11.5. The fourth-order valence-electron chi connectivity index (χ4n) is 3.98. The van der Waals surface area contributed by atoms with E-state index in [4.69, 9.17) is 4.74 Å². The summed E-state index contributed by atoms with van der Waals surface area (Å²) in [4.78, 5) is 41.2. The van der Waals surface area contributed by atoms with Crippen LogP contribution in [0.4, 0.5) is 5.69 Å². The summed E-state index contributed by atoms with van der Waals surface area (Å²) in [5.74, 6) is 0.702.